The molecule has 0 saturated heterocycles. The Kier molecular flexibility index (Phi) is 3.85. The Bertz CT molecular complexity index is 726. The Morgan fingerprint density at radius 2 is 1.85 bits per heavy atom. The summed E-state index contributed by atoms with van der Waals surface area (Å²) in [4.78, 5) is 10.0. The number of terminal acetylenes is 1. The molecule has 1 unspecified atom stereocenters. The molecule has 1 atom stereocenters. The first-order valence-electron chi connectivity index (χ1n) is 5.60. The maximum atomic E-state index is 10.5. The molecule has 1 heterocycles. The lowest BCUT2D eigenvalue weighted by Gasteiger charge is -2.02. The van der Waals surface area contributed by atoms with Crippen LogP contribution in [0.1, 0.15) is 23.2 Å². The lowest BCUT2D eigenvalue weighted by Crippen LogP contribution is -1.94. The van der Waals surface area contributed by atoms with Crippen LogP contribution in [0.25, 0.3) is 0 Å². The molecule has 5 heteroatoms. The van der Waals surface area contributed by atoms with Crippen molar-refractivity contribution in [1.29, 1.82) is 0 Å². The molecule has 0 bridgehead atoms. The molecule has 0 radical (unpaired) electrons. The van der Waals surface area contributed by atoms with Crippen LogP contribution in [0.3, 0.4) is 0 Å². The number of furan rings is 1. The van der Waals surface area contributed by atoms with Crippen molar-refractivity contribution in [2.45, 2.75) is 6.10 Å². The van der Waals surface area contributed by atoms with Crippen molar-refractivity contribution in [3.05, 3.63) is 63.6 Å². The number of rotatable bonds is 2. The smallest absolute Gasteiger partial charge is 0.269 e. The second kappa shape index (κ2) is 5.75. The van der Waals surface area contributed by atoms with Crippen LogP contribution in [0, 0.1) is 34.3 Å². The van der Waals surface area contributed by atoms with E-state index in [1.807, 2.05) is 0 Å². The lowest BCUT2D eigenvalue weighted by atomic mass is 10.1. The van der Waals surface area contributed by atoms with Crippen LogP contribution >= 0.6 is 0 Å². The summed E-state index contributed by atoms with van der Waals surface area (Å²) >= 11 is 0. The van der Waals surface area contributed by atoms with Crippen LogP contribution in [0.4, 0.5) is 5.69 Å². The maximum absolute atomic E-state index is 10.5. The van der Waals surface area contributed by atoms with E-state index in [0.29, 0.717) is 17.1 Å². The molecule has 0 aliphatic heterocycles. The van der Waals surface area contributed by atoms with Gasteiger partial charge in [-0.25, -0.2) is 0 Å². The summed E-state index contributed by atoms with van der Waals surface area (Å²) in [5.74, 6) is 8.24. The lowest BCUT2D eigenvalue weighted by molar-refractivity contribution is -0.384. The summed E-state index contributed by atoms with van der Waals surface area (Å²) in [6.45, 7) is 0. The standard InChI is InChI=1S/C15H9NO4/c1-2-13-7-8-14(20-13)9-10-15(17)11-3-5-12(6-4-11)16(18)19/h1,3-8,15,17H. The minimum Gasteiger partial charge on any atom is -0.439 e. The summed E-state index contributed by atoms with van der Waals surface area (Å²) in [5.41, 5.74) is 0.422. The SMILES string of the molecule is C#Cc1ccc(C#CC(O)c2ccc([N+](=O)[O-])cc2)o1. The van der Waals surface area contributed by atoms with Crippen LogP contribution in [-0.2, 0) is 0 Å². The van der Waals surface area contributed by atoms with Crippen molar-refractivity contribution in [2.24, 2.45) is 0 Å². The second-order valence-electron chi connectivity index (χ2n) is 3.83. The predicted molar refractivity (Wildman–Crippen MR) is 71.6 cm³/mol. The Morgan fingerprint density at radius 3 is 2.40 bits per heavy atom. The first kappa shape index (κ1) is 13.4. The van der Waals surface area contributed by atoms with E-state index in [-0.39, 0.29) is 5.69 Å². The quantitative estimate of drug-likeness (QED) is 0.514. The highest BCUT2D eigenvalue weighted by Crippen LogP contribution is 2.17. The molecule has 0 aliphatic carbocycles. The minimum absolute atomic E-state index is 0.0430. The summed E-state index contributed by atoms with van der Waals surface area (Å²) in [5, 5.41) is 20.4. The highest BCUT2D eigenvalue weighted by molar-refractivity contribution is 5.38. The minimum atomic E-state index is -1.06. The maximum Gasteiger partial charge on any atom is 0.269 e. The van der Waals surface area contributed by atoms with E-state index in [4.69, 9.17) is 10.8 Å². The van der Waals surface area contributed by atoms with Crippen LogP contribution in [0.2, 0.25) is 0 Å². The number of aliphatic hydroxyl groups is 1. The van der Waals surface area contributed by atoms with Gasteiger partial charge in [-0.3, -0.25) is 10.1 Å². The Labute approximate surface area is 115 Å². The van der Waals surface area contributed by atoms with E-state index in [0.717, 1.165) is 0 Å². The monoisotopic (exact) mass is 267 g/mol. The number of benzene rings is 1. The van der Waals surface area contributed by atoms with E-state index in [2.05, 4.69) is 17.8 Å². The van der Waals surface area contributed by atoms with Crippen molar-refractivity contribution < 1.29 is 14.4 Å². The average molecular weight is 267 g/mol. The fraction of sp³-hybridized carbons (Fsp3) is 0.0667. The molecule has 0 aliphatic rings. The van der Waals surface area contributed by atoms with Crippen molar-refractivity contribution in [3.63, 3.8) is 0 Å². The molecule has 1 aromatic heterocycles. The zero-order valence-electron chi connectivity index (χ0n) is 10.2. The average Bonchev–Trinajstić information content (AvgIpc) is 2.93. The Hall–Kier alpha value is -3.02. The summed E-state index contributed by atoms with van der Waals surface area (Å²) < 4.78 is 5.16. The highest BCUT2D eigenvalue weighted by atomic mass is 16.6. The summed E-state index contributed by atoms with van der Waals surface area (Å²) in [7, 11) is 0. The zero-order valence-corrected chi connectivity index (χ0v) is 10.2. The molecule has 0 amide bonds. The number of aliphatic hydroxyl groups excluding tert-OH is 1. The Balaban J connectivity index is 2.14. The summed E-state index contributed by atoms with van der Waals surface area (Å²) in [6, 6.07) is 8.72. The van der Waals surface area contributed by atoms with Gasteiger partial charge in [0, 0.05) is 12.1 Å². The summed E-state index contributed by atoms with van der Waals surface area (Å²) in [6.07, 6.45) is 4.09. The van der Waals surface area contributed by atoms with Crippen molar-refractivity contribution in [1.82, 2.24) is 0 Å². The molecule has 0 saturated carbocycles. The molecule has 2 rings (SSSR count). The van der Waals surface area contributed by atoms with Gasteiger partial charge < -0.3 is 9.52 Å². The normalized spacial score (nSPS) is 11.0. The van der Waals surface area contributed by atoms with Crippen molar-refractivity contribution >= 4 is 5.69 Å². The number of nitro benzene ring substituents is 1. The fourth-order valence-electron chi connectivity index (χ4n) is 1.48. The van der Waals surface area contributed by atoms with Crippen molar-refractivity contribution in [3.8, 4) is 24.2 Å². The largest absolute Gasteiger partial charge is 0.439 e. The number of nitrogens with zero attached hydrogens (tertiary/aromatic N) is 1. The molecule has 98 valence electrons. The van der Waals surface area contributed by atoms with Gasteiger partial charge in [-0.05, 0) is 41.7 Å². The number of hydrogen-bond acceptors (Lipinski definition) is 4. The van der Waals surface area contributed by atoms with Gasteiger partial charge in [0.15, 0.2) is 11.5 Å². The third-order valence-electron chi connectivity index (χ3n) is 2.50. The van der Waals surface area contributed by atoms with Gasteiger partial charge in [0.1, 0.15) is 6.10 Å². The first-order chi connectivity index (χ1) is 9.60. The third-order valence-corrected chi connectivity index (χ3v) is 2.50. The van der Waals surface area contributed by atoms with E-state index in [1.165, 1.54) is 24.3 Å². The van der Waals surface area contributed by atoms with Gasteiger partial charge in [-0.1, -0.05) is 5.92 Å². The second-order valence-corrected chi connectivity index (χ2v) is 3.83. The van der Waals surface area contributed by atoms with Crippen LogP contribution < -0.4 is 0 Å². The first-order valence-corrected chi connectivity index (χ1v) is 5.60. The van der Waals surface area contributed by atoms with E-state index in [9.17, 15) is 15.2 Å². The van der Waals surface area contributed by atoms with Gasteiger partial charge >= 0.3 is 0 Å². The molecule has 2 aromatic rings. The number of non-ortho nitro benzene ring substituents is 1. The molecule has 1 aromatic carbocycles. The van der Waals surface area contributed by atoms with Gasteiger partial charge in [0.25, 0.3) is 5.69 Å². The van der Waals surface area contributed by atoms with Crippen LogP contribution in [0.15, 0.2) is 40.8 Å². The third kappa shape index (κ3) is 3.05. The predicted octanol–water partition coefficient (Wildman–Crippen LogP) is 2.25. The van der Waals surface area contributed by atoms with Crippen LogP contribution in [-0.4, -0.2) is 10.0 Å². The molecule has 0 fully saturated rings. The molecular formula is C15H9NO4. The fourth-order valence-corrected chi connectivity index (χ4v) is 1.48. The van der Waals surface area contributed by atoms with Gasteiger partial charge in [0.05, 0.1) is 4.92 Å². The van der Waals surface area contributed by atoms with Gasteiger partial charge in [0.2, 0.25) is 0 Å². The van der Waals surface area contributed by atoms with E-state index < -0.39 is 11.0 Å². The molecule has 0 spiro atoms. The number of nitro groups is 1. The molecule has 20 heavy (non-hydrogen) atoms. The topological polar surface area (TPSA) is 76.5 Å². The Morgan fingerprint density at radius 1 is 1.20 bits per heavy atom. The zero-order chi connectivity index (χ0) is 14.5. The van der Waals surface area contributed by atoms with Gasteiger partial charge in [-0.15, -0.1) is 6.42 Å². The van der Waals surface area contributed by atoms with E-state index >= 15 is 0 Å². The molecule has 5 nitrogen and oxygen atoms in total. The van der Waals surface area contributed by atoms with Crippen LogP contribution in [0.5, 0.6) is 0 Å². The molecular weight excluding hydrogens is 258 g/mol. The highest BCUT2D eigenvalue weighted by Gasteiger charge is 2.08. The number of hydrogen-bond donors (Lipinski definition) is 1. The van der Waals surface area contributed by atoms with Crippen molar-refractivity contribution in [2.75, 3.05) is 0 Å². The molecule has 1 N–H and O–H groups in total. The van der Waals surface area contributed by atoms with E-state index in [1.54, 1.807) is 12.1 Å². The van der Waals surface area contributed by atoms with Gasteiger partial charge in [-0.2, -0.15) is 0 Å².